The Labute approximate surface area is 141 Å². The molecule has 0 radical (unpaired) electrons. The van der Waals surface area contributed by atoms with Gasteiger partial charge in [-0.3, -0.25) is 9.78 Å². The lowest BCUT2D eigenvalue weighted by Gasteiger charge is -2.17. The van der Waals surface area contributed by atoms with Gasteiger partial charge in [0.15, 0.2) is 5.82 Å². The average Bonchev–Trinajstić information content (AvgIpc) is 3.05. The molecule has 0 aromatic carbocycles. The number of pyridine rings is 1. The van der Waals surface area contributed by atoms with Crippen LogP contribution in [0.5, 0.6) is 5.88 Å². The Hall–Kier alpha value is -2.70. The van der Waals surface area contributed by atoms with Crippen LogP contribution in [0.3, 0.4) is 0 Å². The molecule has 3 rings (SSSR count). The molecule has 0 saturated carbocycles. The van der Waals surface area contributed by atoms with E-state index in [1.54, 1.807) is 12.4 Å². The first-order valence-corrected chi connectivity index (χ1v) is 7.96. The molecule has 0 aliphatic carbocycles. The number of carbonyl (C=O) groups excluding carboxylic acids is 1. The van der Waals surface area contributed by atoms with Gasteiger partial charge in [0.1, 0.15) is 6.10 Å². The molecule has 0 spiro atoms. The van der Waals surface area contributed by atoms with Crippen LogP contribution in [-0.2, 0) is 11.2 Å². The number of nitrogens with zero attached hydrogens (tertiary/aromatic N) is 5. The molecule has 0 unspecified atom stereocenters. The number of rotatable bonds is 5. The van der Waals surface area contributed by atoms with Crippen LogP contribution in [0.4, 0.5) is 5.82 Å². The molecule has 7 heteroatoms. The lowest BCUT2D eigenvalue weighted by molar-refractivity contribution is -0.129. The van der Waals surface area contributed by atoms with Crippen LogP contribution in [0.15, 0.2) is 36.7 Å². The van der Waals surface area contributed by atoms with Crippen LogP contribution < -0.4 is 9.64 Å². The van der Waals surface area contributed by atoms with Crippen molar-refractivity contribution in [3.05, 3.63) is 42.2 Å². The van der Waals surface area contributed by atoms with Crippen LogP contribution in [-0.4, -0.2) is 59.3 Å². The van der Waals surface area contributed by atoms with Crippen LogP contribution in [0, 0.1) is 0 Å². The molecule has 2 aromatic rings. The first-order valence-electron chi connectivity index (χ1n) is 7.96. The van der Waals surface area contributed by atoms with Crippen molar-refractivity contribution in [2.24, 2.45) is 0 Å². The van der Waals surface area contributed by atoms with Gasteiger partial charge in [-0.15, -0.1) is 10.2 Å². The fourth-order valence-electron chi connectivity index (χ4n) is 2.63. The second-order valence-corrected chi connectivity index (χ2v) is 6.03. The van der Waals surface area contributed by atoms with Gasteiger partial charge in [0.05, 0.1) is 13.0 Å². The quantitative estimate of drug-likeness (QED) is 0.821. The van der Waals surface area contributed by atoms with Crippen LogP contribution in [0.2, 0.25) is 0 Å². The zero-order chi connectivity index (χ0) is 16.9. The van der Waals surface area contributed by atoms with E-state index in [0.717, 1.165) is 17.8 Å². The summed E-state index contributed by atoms with van der Waals surface area (Å²) in [6.45, 7) is 1.28. The normalized spacial score (nSPS) is 16.9. The van der Waals surface area contributed by atoms with Crippen LogP contribution in [0.1, 0.15) is 12.0 Å². The molecule has 0 N–H and O–H groups in total. The third kappa shape index (κ3) is 3.98. The van der Waals surface area contributed by atoms with Gasteiger partial charge in [-0.05, 0) is 17.7 Å². The summed E-state index contributed by atoms with van der Waals surface area (Å²) in [5, 5.41) is 8.17. The van der Waals surface area contributed by atoms with Crippen molar-refractivity contribution in [1.29, 1.82) is 0 Å². The Kier molecular flexibility index (Phi) is 4.88. The molecule has 24 heavy (non-hydrogen) atoms. The van der Waals surface area contributed by atoms with Crippen molar-refractivity contribution in [1.82, 2.24) is 20.1 Å². The third-order valence-electron chi connectivity index (χ3n) is 3.95. The SMILES string of the molecule is CN(C)c1ccc(O[C@H]2CCN(C(=O)Cc3cccnc3)C2)nn1. The van der Waals surface area contributed by atoms with Gasteiger partial charge in [-0.1, -0.05) is 6.07 Å². The number of likely N-dealkylation sites (tertiary alicyclic amines) is 1. The number of hydrogen-bond donors (Lipinski definition) is 0. The van der Waals surface area contributed by atoms with Gasteiger partial charge in [0.25, 0.3) is 0 Å². The first-order chi connectivity index (χ1) is 11.6. The molecule has 3 heterocycles. The predicted molar refractivity (Wildman–Crippen MR) is 89.9 cm³/mol. The minimum atomic E-state index is -0.0395. The Morgan fingerprint density at radius 2 is 2.21 bits per heavy atom. The van der Waals surface area contributed by atoms with E-state index in [4.69, 9.17) is 4.74 Å². The van der Waals surface area contributed by atoms with Crippen LogP contribution >= 0.6 is 0 Å². The van der Waals surface area contributed by atoms with Gasteiger partial charge in [-0.25, -0.2) is 0 Å². The van der Waals surface area contributed by atoms with Crippen molar-refractivity contribution in [3.8, 4) is 5.88 Å². The van der Waals surface area contributed by atoms with Gasteiger partial charge in [-0.2, -0.15) is 0 Å². The van der Waals surface area contributed by atoms with E-state index in [1.165, 1.54) is 0 Å². The Morgan fingerprint density at radius 1 is 1.33 bits per heavy atom. The molecule has 126 valence electrons. The van der Waals surface area contributed by atoms with Crippen molar-refractivity contribution in [2.45, 2.75) is 18.9 Å². The molecule has 1 atom stereocenters. The fraction of sp³-hybridized carbons (Fsp3) is 0.412. The largest absolute Gasteiger partial charge is 0.471 e. The summed E-state index contributed by atoms with van der Waals surface area (Å²) in [6.07, 6.45) is 4.57. The lowest BCUT2D eigenvalue weighted by atomic mass is 10.2. The summed E-state index contributed by atoms with van der Waals surface area (Å²) >= 11 is 0. The number of hydrogen-bond acceptors (Lipinski definition) is 6. The monoisotopic (exact) mass is 327 g/mol. The van der Waals surface area contributed by atoms with Crippen molar-refractivity contribution in [3.63, 3.8) is 0 Å². The topological polar surface area (TPSA) is 71.5 Å². The van der Waals surface area contributed by atoms with Gasteiger partial charge < -0.3 is 14.5 Å². The summed E-state index contributed by atoms with van der Waals surface area (Å²) < 4.78 is 5.84. The van der Waals surface area contributed by atoms with Gasteiger partial charge >= 0.3 is 0 Å². The Bertz CT molecular complexity index is 675. The standard InChI is InChI=1S/C17H21N5O2/c1-21(2)15-5-6-16(20-19-15)24-14-7-9-22(12-14)17(23)10-13-4-3-8-18-11-13/h3-6,8,11,14H,7,9-10,12H2,1-2H3/t14-/m0/s1. The van der Waals surface area contributed by atoms with E-state index in [0.29, 0.717) is 25.4 Å². The molecule has 1 fully saturated rings. The summed E-state index contributed by atoms with van der Waals surface area (Å²) in [7, 11) is 3.82. The van der Waals surface area contributed by atoms with E-state index >= 15 is 0 Å². The van der Waals surface area contributed by atoms with E-state index in [1.807, 2.05) is 48.2 Å². The molecule has 0 bridgehead atoms. The fourth-order valence-corrected chi connectivity index (χ4v) is 2.63. The molecular weight excluding hydrogens is 306 g/mol. The highest BCUT2D eigenvalue weighted by molar-refractivity contribution is 5.79. The lowest BCUT2D eigenvalue weighted by Crippen LogP contribution is -2.32. The summed E-state index contributed by atoms with van der Waals surface area (Å²) in [6, 6.07) is 7.43. The minimum absolute atomic E-state index is 0.0395. The second kappa shape index (κ2) is 7.25. The maximum Gasteiger partial charge on any atom is 0.233 e. The van der Waals surface area contributed by atoms with Gasteiger partial charge in [0.2, 0.25) is 11.8 Å². The second-order valence-electron chi connectivity index (χ2n) is 6.03. The summed E-state index contributed by atoms with van der Waals surface area (Å²) in [5.74, 6) is 1.37. The molecule has 2 aromatic heterocycles. The van der Waals surface area contributed by atoms with E-state index in [9.17, 15) is 4.79 Å². The van der Waals surface area contributed by atoms with E-state index in [2.05, 4.69) is 15.2 Å². The maximum atomic E-state index is 12.3. The van der Waals surface area contributed by atoms with Crippen molar-refractivity contribution < 1.29 is 9.53 Å². The molecule has 1 amide bonds. The van der Waals surface area contributed by atoms with Crippen molar-refractivity contribution >= 4 is 11.7 Å². The number of amides is 1. The first kappa shape index (κ1) is 16.2. The van der Waals surface area contributed by atoms with E-state index < -0.39 is 0 Å². The highest BCUT2D eigenvalue weighted by Crippen LogP contribution is 2.18. The highest BCUT2D eigenvalue weighted by Gasteiger charge is 2.27. The molecule has 1 aliphatic rings. The molecule has 7 nitrogen and oxygen atoms in total. The summed E-state index contributed by atoms with van der Waals surface area (Å²) in [4.78, 5) is 20.1. The van der Waals surface area contributed by atoms with Crippen molar-refractivity contribution in [2.75, 3.05) is 32.1 Å². The zero-order valence-corrected chi connectivity index (χ0v) is 13.9. The van der Waals surface area contributed by atoms with Gasteiger partial charge in [0, 0.05) is 45.5 Å². The zero-order valence-electron chi connectivity index (χ0n) is 13.9. The smallest absolute Gasteiger partial charge is 0.233 e. The number of carbonyl (C=O) groups is 1. The Balaban J connectivity index is 1.52. The summed E-state index contributed by atoms with van der Waals surface area (Å²) in [5.41, 5.74) is 0.928. The Morgan fingerprint density at radius 3 is 2.88 bits per heavy atom. The van der Waals surface area contributed by atoms with Crippen LogP contribution in [0.25, 0.3) is 0 Å². The predicted octanol–water partition coefficient (Wildman–Crippen LogP) is 1.16. The highest BCUT2D eigenvalue weighted by atomic mass is 16.5. The third-order valence-corrected chi connectivity index (χ3v) is 3.95. The molecule has 1 saturated heterocycles. The average molecular weight is 327 g/mol. The minimum Gasteiger partial charge on any atom is -0.471 e. The number of anilines is 1. The number of ether oxygens (including phenoxy) is 1. The molecule has 1 aliphatic heterocycles. The molecular formula is C17H21N5O2. The maximum absolute atomic E-state index is 12.3. The van der Waals surface area contributed by atoms with E-state index in [-0.39, 0.29) is 12.0 Å². The number of aromatic nitrogens is 3.